The summed E-state index contributed by atoms with van der Waals surface area (Å²) in [5.41, 5.74) is 0. The minimum atomic E-state index is -4.54. The highest BCUT2D eigenvalue weighted by molar-refractivity contribution is 7.50. The summed E-state index contributed by atoms with van der Waals surface area (Å²) in [6.07, 6.45) is 0. The largest absolute Gasteiger partial charge is 0.480 e. The molecule has 0 aliphatic rings. The van der Waals surface area contributed by atoms with Crippen molar-refractivity contribution < 1.29 is 24.3 Å². The summed E-state index contributed by atoms with van der Waals surface area (Å²) in [6.45, 7) is 1.25. The second kappa shape index (κ2) is 4.94. The Labute approximate surface area is 80.3 Å². The Kier molecular flexibility index (Phi) is 4.55. The quantitative estimate of drug-likeness (QED) is 0.235. The molecule has 8 nitrogen and oxygen atoms in total. The van der Waals surface area contributed by atoms with Gasteiger partial charge in [0.1, 0.15) is 6.54 Å². The van der Waals surface area contributed by atoms with Gasteiger partial charge in [0, 0.05) is 6.54 Å². The number of aliphatic carboxylic acids is 1. The van der Waals surface area contributed by atoms with E-state index in [9.17, 15) is 9.36 Å². The number of rotatable bonds is 4. The predicted octanol–water partition coefficient (Wildman–Crippen LogP) is -0.990. The van der Waals surface area contributed by atoms with Gasteiger partial charge in [-0.3, -0.25) is 15.3 Å². The molecule has 0 bridgehead atoms. The van der Waals surface area contributed by atoms with Crippen molar-refractivity contribution in [3.8, 4) is 0 Å². The molecule has 0 saturated carbocycles. The molecule has 0 aromatic heterocycles. The van der Waals surface area contributed by atoms with Crippen LogP contribution < -0.4 is 5.09 Å². The third-order valence-electron chi connectivity index (χ3n) is 1.28. The summed E-state index contributed by atoms with van der Waals surface area (Å²) in [6, 6.07) is 0. The first-order valence-electron chi connectivity index (χ1n) is 3.65. The molecular formula is C5H12N3O5P. The average molecular weight is 225 g/mol. The van der Waals surface area contributed by atoms with E-state index < -0.39 is 26.2 Å². The first kappa shape index (κ1) is 12.9. The SMILES string of the molecule is CCN(CC(=O)O)C(=N)NP(=O)(O)O. The molecule has 0 amide bonds. The fraction of sp³-hybridized carbons (Fsp3) is 0.600. The molecule has 0 aliphatic heterocycles. The van der Waals surface area contributed by atoms with Gasteiger partial charge in [0.15, 0.2) is 0 Å². The maximum absolute atomic E-state index is 10.4. The van der Waals surface area contributed by atoms with E-state index >= 15 is 0 Å². The van der Waals surface area contributed by atoms with Crippen LogP contribution in [0.3, 0.4) is 0 Å². The molecule has 0 radical (unpaired) electrons. The van der Waals surface area contributed by atoms with Crippen molar-refractivity contribution >= 4 is 19.7 Å². The van der Waals surface area contributed by atoms with Crippen molar-refractivity contribution in [2.75, 3.05) is 13.1 Å². The average Bonchev–Trinajstić information content (AvgIpc) is 1.96. The van der Waals surface area contributed by atoms with Crippen LogP contribution in [0.25, 0.3) is 0 Å². The van der Waals surface area contributed by atoms with Crippen LogP contribution >= 0.6 is 7.75 Å². The zero-order valence-corrected chi connectivity index (χ0v) is 8.36. The van der Waals surface area contributed by atoms with Gasteiger partial charge < -0.3 is 19.8 Å². The van der Waals surface area contributed by atoms with Crippen molar-refractivity contribution in [3.05, 3.63) is 0 Å². The molecule has 0 atom stereocenters. The monoisotopic (exact) mass is 225 g/mol. The normalized spacial score (nSPS) is 10.8. The van der Waals surface area contributed by atoms with Crippen LogP contribution in [0.2, 0.25) is 0 Å². The van der Waals surface area contributed by atoms with Crippen molar-refractivity contribution in [2.45, 2.75) is 6.92 Å². The van der Waals surface area contributed by atoms with Crippen LogP contribution in [0, 0.1) is 5.41 Å². The lowest BCUT2D eigenvalue weighted by Crippen LogP contribution is -2.41. The van der Waals surface area contributed by atoms with Gasteiger partial charge in [-0.2, -0.15) is 0 Å². The highest BCUT2D eigenvalue weighted by Crippen LogP contribution is 2.27. The van der Waals surface area contributed by atoms with E-state index in [4.69, 9.17) is 20.3 Å². The Morgan fingerprint density at radius 3 is 2.36 bits per heavy atom. The van der Waals surface area contributed by atoms with Crippen LogP contribution in [-0.4, -0.2) is 44.8 Å². The highest BCUT2D eigenvalue weighted by atomic mass is 31.2. The number of hydrogen-bond acceptors (Lipinski definition) is 3. The fourth-order valence-corrected chi connectivity index (χ4v) is 1.14. The van der Waals surface area contributed by atoms with Crippen LogP contribution in [0.1, 0.15) is 6.92 Å². The molecule has 0 fully saturated rings. The third kappa shape index (κ3) is 5.52. The van der Waals surface area contributed by atoms with Crippen LogP contribution in [0.5, 0.6) is 0 Å². The molecule has 0 spiro atoms. The maximum atomic E-state index is 10.4. The van der Waals surface area contributed by atoms with Gasteiger partial charge in [-0.15, -0.1) is 0 Å². The van der Waals surface area contributed by atoms with E-state index in [-0.39, 0.29) is 6.54 Å². The molecule has 0 aromatic rings. The maximum Gasteiger partial charge on any atom is 0.429 e. The number of carboxylic acid groups (broad SMARTS) is 1. The number of guanidine groups is 1. The molecule has 0 unspecified atom stereocenters. The van der Waals surface area contributed by atoms with E-state index in [1.165, 1.54) is 0 Å². The second-order valence-electron chi connectivity index (χ2n) is 2.41. The lowest BCUT2D eigenvalue weighted by atomic mass is 10.5. The molecule has 5 N–H and O–H groups in total. The van der Waals surface area contributed by atoms with Crippen molar-refractivity contribution in [1.82, 2.24) is 9.99 Å². The summed E-state index contributed by atoms with van der Waals surface area (Å²) >= 11 is 0. The molecule has 0 heterocycles. The molecule has 9 heteroatoms. The molecule has 0 rings (SSSR count). The van der Waals surface area contributed by atoms with Crippen molar-refractivity contribution in [2.24, 2.45) is 0 Å². The molecular weight excluding hydrogens is 213 g/mol. The number of hydrogen-bond donors (Lipinski definition) is 5. The smallest absolute Gasteiger partial charge is 0.429 e. The van der Waals surface area contributed by atoms with E-state index in [0.29, 0.717) is 0 Å². The molecule has 82 valence electrons. The topological polar surface area (TPSA) is 134 Å². The van der Waals surface area contributed by atoms with Gasteiger partial charge in [0.2, 0.25) is 5.96 Å². The van der Waals surface area contributed by atoms with Crippen molar-refractivity contribution in [3.63, 3.8) is 0 Å². The first-order valence-corrected chi connectivity index (χ1v) is 5.26. The van der Waals surface area contributed by atoms with Gasteiger partial charge in [0.05, 0.1) is 0 Å². The molecule has 14 heavy (non-hydrogen) atoms. The van der Waals surface area contributed by atoms with Gasteiger partial charge >= 0.3 is 13.7 Å². The Morgan fingerprint density at radius 2 is 2.07 bits per heavy atom. The number of carboxylic acids is 1. The minimum absolute atomic E-state index is 0.165. The summed E-state index contributed by atoms with van der Waals surface area (Å²) in [7, 11) is -4.54. The molecule has 0 aromatic carbocycles. The lowest BCUT2D eigenvalue weighted by molar-refractivity contribution is -0.137. The van der Waals surface area contributed by atoms with E-state index in [2.05, 4.69) is 0 Å². The summed E-state index contributed by atoms with van der Waals surface area (Å²) in [5.74, 6) is -1.78. The minimum Gasteiger partial charge on any atom is -0.480 e. The zero-order valence-electron chi connectivity index (χ0n) is 7.47. The first-order chi connectivity index (χ1) is 6.26. The Bertz CT molecular complexity index is 275. The van der Waals surface area contributed by atoms with Gasteiger partial charge in [-0.25, -0.2) is 4.57 Å². The van der Waals surface area contributed by atoms with Crippen LogP contribution in [-0.2, 0) is 9.36 Å². The zero-order chi connectivity index (χ0) is 11.4. The van der Waals surface area contributed by atoms with Gasteiger partial charge in [-0.1, -0.05) is 0 Å². The van der Waals surface area contributed by atoms with Crippen LogP contribution in [0.15, 0.2) is 0 Å². The Morgan fingerprint density at radius 1 is 1.57 bits per heavy atom. The summed E-state index contributed by atoms with van der Waals surface area (Å²) in [4.78, 5) is 28.2. The van der Waals surface area contributed by atoms with Crippen molar-refractivity contribution in [1.29, 1.82) is 5.41 Å². The molecule has 0 aliphatic carbocycles. The number of nitrogens with one attached hydrogen (secondary N) is 2. The van der Waals surface area contributed by atoms with Gasteiger partial charge in [0.25, 0.3) is 0 Å². The Balaban J connectivity index is 4.33. The standard InChI is InChI=1S/C5H12N3O5P/c1-2-8(3-4(9)10)5(6)7-14(11,12)13/h2-3H2,1H3,(H,9,10)(H4,6,7,11,12,13). The Hall–Kier alpha value is -1.11. The predicted molar refractivity (Wildman–Crippen MR) is 47.8 cm³/mol. The molecule has 0 saturated heterocycles. The fourth-order valence-electron chi connectivity index (χ4n) is 0.721. The summed E-state index contributed by atoms with van der Waals surface area (Å²) in [5, 5.41) is 17.1. The van der Waals surface area contributed by atoms with E-state index in [0.717, 1.165) is 4.90 Å². The summed E-state index contributed by atoms with van der Waals surface area (Å²) < 4.78 is 10.4. The number of nitrogens with zero attached hydrogens (tertiary/aromatic N) is 1. The number of likely N-dealkylation sites (N-methyl/N-ethyl adjacent to an activating group) is 1. The highest BCUT2D eigenvalue weighted by Gasteiger charge is 2.19. The van der Waals surface area contributed by atoms with E-state index in [1.807, 2.05) is 0 Å². The van der Waals surface area contributed by atoms with Gasteiger partial charge in [-0.05, 0) is 6.92 Å². The van der Waals surface area contributed by atoms with Crippen LogP contribution in [0.4, 0.5) is 0 Å². The van der Waals surface area contributed by atoms with E-state index in [1.54, 1.807) is 12.0 Å². The second-order valence-corrected chi connectivity index (χ2v) is 3.72. The third-order valence-corrected chi connectivity index (χ3v) is 1.78. The lowest BCUT2D eigenvalue weighted by Gasteiger charge is -2.22. The number of carbonyl (C=O) groups is 1.